The van der Waals surface area contributed by atoms with Crippen LogP contribution in [0.3, 0.4) is 0 Å². The molecule has 26 heavy (non-hydrogen) atoms. The van der Waals surface area contributed by atoms with Gasteiger partial charge in [0.25, 0.3) is 0 Å². The molecule has 1 aliphatic heterocycles. The van der Waals surface area contributed by atoms with Gasteiger partial charge in [0.05, 0.1) is 25.5 Å². The second-order valence-corrected chi connectivity index (χ2v) is 6.43. The fourth-order valence-corrected chi connectivity index (χ4v) is 3.78. The van der Waals surface area contributed by atoms with E-state index in [0.717, 1.165) is 29.7 Å². The summed E-state index contributed by atoms with van der Waals surface area (Å²) < 4.78 is 11.1. The molecule has 2 N–H and O–H groups in total. The van der Waals surface area contributed by atoms with Crippen LogP contribution in [-0.2, 0) is 6.42 Å². The average molecular weight is 350 g/mol. The van der Waals surface area contributed by atoms with Crippen LogP contribution in [0.4, 0.5) is 4.79 Å². The summed E-state index contributed by atoms with van der Waals surface area (Å²) in [5.74, 6) is 1.39. The molecular formula is C21H22N2O3. The normalized spacial score (nSPS) is 18.4. The molecule has 1 atom stereocenters. The van der Waals surface area contributed by atoms with E-state index in [1.54, 1.807) is 7.11 Å². The number of hydrogen-bond donors (Lipinski definition) is 2. The molecule has 1 aliphatic carbocycles. The Bertz CT molecular complexity index is 889. The van der Waals surface area contributed by atoms with Gasteiger partial charge in [-0.05, 0) is 48.6 Å². The number of rotatable bonds is 4. The molecule has 134 valence electrons. The van der Waals surface area contributed by atoms with Crippen molar-refractivity contribution in [2.75, 3.05) is 13.7 Å². The van der Waals surface area contributed by atoms with Crippen molar-refractivity contribution in [2.45, 2.75) is 25.8 Å². The number of urea groups is 1. The molecule has 2 aromatic carbocycles. The molecule has 2 aliphatic rings. The molecule has 5 heteroatoms. The Morgan fingerprint density at radius 2 is 1.96 bits per heavy atom. The number of carbonyl (C=O) groups excluding carboxylic acids is 1. The quantitative estimate of drug-likeness (QED) is 0.882. The minimum Gasteiger partial charge on any atom is -0.493 e. The van der Waals surface area contributed by atoms with Crippen molar-refractivity contribution in [1.82, 2.24) is 10.6 Å². The van der Waals surface area contributed by atoms with Crippen LogP contribution in [-0.4, -0.2) is 19.7 Å². The highest BCUT2D eigenvalue weighted by atomic mass is 16.5. The minimum atomic E-state index is -0.182. The Hall–Kier alpha value is -2.95. The molecule has 0 fully saturated rings. The zero-order valence-corrected chi connectivity index (χ0v) is 15.0. The van der Waals surface area contributed by atoms with Gasteiger partial charge in [-0.15, -0.1) is 0 Å². The van der Waals surface area contributed by atoms with Crippen LogP contribution in [0.1, 0.15) is 36.1 Å². The fraction of sp³-hybridized carbons (Fsp3) is 0.286. The number of ether oxygens (including phenoxy) is 2. The molecule has 2 aromatic rings. The van der Waals surface area contributed by atoms with Crippen LogP contribution in [0.5, 0.6) is 11.5 Å². The SMILES string of the molecule is CCOc1ccc([C@H]2NC(=O)NC3=C2CCc2ccccc23)cc1OC. The van der Waals surface area contributed by atoms with E-state index in [4.69, 9.17) is 9.47 Å². The molecule has 5 nitrogen and oxygen atoms in total. The van der Waals surface area contributed by atoms with Crippen LogP contribution in [0.15, 0.2) is 48.0 Å². The Morgan fingerprint density at radius 3 is 2.77 bits per heavy atom. The van der Waals surface area contributed by atoms with E-state index in [2.05, 4.69) is 22.8 Å². The highest BCUT2D eigenvalue weighted by Crippen LogP contribution is 2.40. The Morgan fingerprint density at radius 1 is 1.12 bits per heavy atom. The lowest BCUT2D eigenvalue weighted by atomic mass is 9.83. The third-order valence-corrected chi connectivity index (χ3v) is 4.95. The number of aryl methyl sites for hydroxylation is 1. The fourth-order valence-electron chi connectivity index (χ4n) is 3.78. The van der Waals surface area contributed by atoms with Crippen molar-refractivity contribution in [2.24, 2.45) is 0 Å². The van der Waals surface area contributed by atoms with Gasteiger partial charge in [0.15, 0.2) is 11.5 Å². The molecular weight excluding hydrogens is 328 g/mol. The first-order valence-electron chi connectivity index (χ1n) is 8.90. The molecule has 0 aromatic heterocycles. The lowest BCUT2D eigenvalue weighted by Crippen LogP contribution is -2.44. The van der Waals surface area contributed by atoms with Crippen molar-refractivity contribution in [1.29, 1.82) is 0 Å². The predicted molar refractivity (Wildman–Crippen MR) is 100 cm³/mol. The average Bonchev–Trinajstić information content (AvgIpc) is 2.68. The molecule has 0 saturated carbocycles. The second kappa shape index (κ2) is 6.75. The second-order valence-electron chi connectivity index (χ2n) is 6.43. The topological polar surface area (TPSA) is 59.6 Å². The maximum Gasteiger partial charge on any atom is 0.319 e. The molecule has 4 rings (SSSR count). The summed E-state index contributed by atoms with van der Waals surface area (Å²) in [4.78, 5) is 12.3. The number of carbonyl (C=O) groups is 1. The van der Waals surface area contributed by atoms with Crippen molar-refractivity contribution < 1.29 is 14.3 Å². The summed E-state index contributed by atoms with van der Waals surface area (Å²) >= 11 is 0. The van der Waals surface area contributed by atoms with Gasteiger partial charge in [-0.3, -0.25) is 0 Å². The smallest absolute Gasteiger partial charge is 0.319 e. The Labute approximate surface area is 153 Å². The number of amides is 2. The molecule has 0 radical (unpaired) electrons. The molecule has 0 saturated heterocycles. The van der Waals surface area contributed by atoms with Gasteiger partial charge in [0.2, 0.25) is 0 Å². The summed E-state index contributed by atoms with van der Waals surface area (Å²) in [6.07, 6.45) is 1.87. The van der Waals surface area contributed by atoms with Gasteiger partial charge in [0, 0.05) is 5.56 Å². The third-order valence-electron chi connectivity index (χ3n) is 4.95. The maximum atomic E-state index is 12.3. The van der Waals surface area contributed by atoms with E-state index in [-0.39, 0.29) is 12.1 Å². The van der Waals surface area contributed by atoms with Crippen molar-refractivity contribution in [3.63, 3.8) is 0 Å². The van der Waals surface area contributed by atoms with Gasteiger partial charge in [0.1, 0.15) is 0 Å². The summed E-state index contributed by atoms with van der Waals surface area (Å²) in [6.45, 7) is 2.52. The molecule has 0 spiro atoms. The summed E-state index contributed by atoms with van der Waals surface area (Å²) in [5.41, 5.74) is 5.53. The highest BCUT2D eigenvalue weighted by Gasteiger charge is 2.32. The predicted octanol–water partition coefficient (Wildman–Crippen LogP) is 3.81. The van der Waals surface area contributed by atoms with Gasteiger partial charge in [-0.1, -0.05) is 30.3 Å². The van der Waals surface area contributed by atoms with Gasteiger partial charge >= 0.3 is 6.03 Å². The Balaban J connectivity index is 1.78. The summed E-state index contributed by atoms with van der Waals surface area (Å²) in [7, 11) is 1.63. The summed E-state index contributed by atoms with van der Waals surface area (Å²) in [6, 6.07) is 13.8. The van der Waals surface area contributed by atoms with E-state index in [9.17, 15) is 4.79 Å². The van der Waals surface area contributed by atoms with Crippen LogP contribution in [0, 0.1) is 0 Å². The largest absolute Gasteiger partial charge is 0.493 e. The van der Waals surface area contributed by atoms with Gasteiger partial charge in [-0.25, -0.2) is 4.79 Å². The van der Waals surface area contributed by atoms with Crippen LogP contribution in [0.2, 0.25) is 0 Å². The van der Waals surface area contributed by atoms with E-state index >= 15 is 0 Å². The maximum absolute atomic E-state index is 12.3. The lowest BCUT2D eigenvalue weighted by Gasteiger charge is -2.34. The highest BCUT2D eigenvalue weighted by molar-refractivity contribution is 5.91. The lowest BCUT2D eigenvalue weighted by molar-refractivity contribution is 0.240. The van der Waals surface area contributed by atoms with Crippen LogP contribution in [0.25, 0.3) is 5.70 Å². The van der Waals surface area contributed by atoms with E-state index < -0.39 is 0 Å². The first kappa shape index (κ1) is 16.5. The van der Waals surface area contributed by atoms with E-state index in [0.29, 0.717) is 18.1 Å². The number of hydrogen-bond acceptors (Lipinski definition) is 3. The number of nitrogens with one attached hydrogen (secondary N) is 2. The van der Waals surface area contributed by atoms with Crippen molar-refractivity contribution >= 4 is 11.7 Å². The zero-order valence-electron chi connectivity index (χ0n) is 15.0. The number of fused-ring (bicyclic) bond motifs is 2. The standard InChI is InChI=1S/C21H22N2O3/c1-3-26-17-11-9-14(12-18(17)25-2)19-16-10-8-13-6-4-5-7-15(13)20(16)23-21(24)22-19/h4-7,9,11-12,19H,3,8,10H2,1-2H3,(H2,22,23,24)/t19-/m1/s1. The molecule has 2 amide bonds. The van der Waals surface area contributed by atoms with Gasteiger partial charge in [-0.2, -0.15) is 0 Å². The molecule has 0 bridgehead atoms. The monoisotopic (exact) mass is 350 g/mol. The number of benzene rings is 2. The van der Waals surface area contributed by atoms with E-state index in [1.807, 2.05) is 37.3 Å². The molecule has 1 heterocycles. The third kappa shape index (κ3) is 2.79. The van der Waals surface area contributed by atoms with Gasteiger partial charge < -0.3 is 20.1 Å². The number of methoxy groups -OCH3 is 1. The van der Waals surface area contributed by atoms with Crippen LogP contribution < -0.4 is 20.1 Å². The van der Waals surface area contributed by atoms with Crippen LogP contribution >= 0.6 is 0 Å². The van der Waals surface area contributed by atoms with E-state index in [1.165, 1.54) is 11.1 Å². The van der Waals surface area contributed by atoms with Crippen molar-refractivity contribution in [3.8, 4) is 11.5 Å². The van der Waals surface area contributed by atoms with Crippen molar-refractivity contribution in [3.05, 3.63) is 64.7 Å². The first-order valence-corrected chi connectivity index (χ1v) is 8.90. The summed E-state index contributed by atoms with van der Waals surface area (Å²) in [5, 5.41) is 6.07. The Kier molecular flexibility index (Phi) is 4.29. The molecule has 0 unspecified atom stereocenters. The zero-order chi connectivity index (χ0) is 18.1. The first-order chi connectivity index (χ1) is 12.7. The minimum absolute atomic E-state index is 0.170.